The first-order chi connectivity index (χ1) is 29.7. The molecule has 3 heterocycles. The maximum Gasteiger partial charge on any atom is 0.131 e. The molecule has 0 bridgehead atoms. The summed E-state index contributed by atoms with van der Waals surface area (Å²) in [5.74, 6) is 0.873. The molecule has 2 unspecified atom stereocenters. The Hall–Kier alpha value is -7.73. The predicted octanol–water partition coefficient (Wildman–Crippen LogP) is 13.6. The lowest BCUT2D eigenvalue weighted by atomic mass is 9.98. The normalized spacial score (nSPS) is 16.3. The molecule has 2 N–H and O–H groups in total. The topological polar surface area (TPSA) is 42.9 Å². The first kappa shape index (κ1) is 35.4. The molecule has 0 aliphatic carbocycles. The summed E-state index contributed by atoms with van der Waals surface area (Å²) in [5, 5.41) is 7.40. The third-order valence-corrected chi connectivity index (χ3v) is 11.6. The van der Waals surface area contributed by atoms with Gasteiger partial charge in [0.05, 0.1) is 22.7 Å². The molecular weight excluding hydrogens is 731 g/mol. The minimum atomic E-state index is -0.239. The van der Waals surface area contributed by atoms with E-state index in [1.165, 1.54) is 11.1 Å². The minimum absolute atomic E-state index is 0.0959. The molecule has 5 nitrogen and oxygen atoms in total. The lowest BCUT2D eigenvalue weighted by molar-refractivity contribution is 0.409. The van der Waals surface area contributed by atoms with Crippen molar-refractivity contribution in [3.05, 3.63) is 239 Å². The van der Waals surface area contributed by atoms with Crippen molar-refractivity contribution in [3.63, 3.8) is 0 Å². The smallest absolute Gasteiger partial charge is 0.131 e. The van der Waals surface area contributed by atoms with Crippen LogP contribution in [-0.2, 0) is 0 Å². The summed E-state index contributed by atoms with van der Waals surface area (Å²) in [5.41, 5.74) is 17.1. The molecule has 0 saturated heterocycles. The number of anilines is 6. The molecule has 60 heavy (non-hydrogen) atoms. The number of amidine groups is 1. The molecule has 11 rings (SSSR count). The molecule has 5 heteroatoms. The zero-order chi connectivity index (χ0) is 39.8. The van der Waals surface area contributed by atoms with Gasteiger partial charge in [-0.1, -0.05) is 170 Å². The standard InChI is InChI=1S/C55H41N5/c1-4-16-41(17-5-1)53-56-54(42-18-6-2-7-19-42)58-55(57-53)43-30-33-48(34-31-43)59-49-22-12-10-15-39(49)27-29-46-36-44(32-35-51(46)59)45-28-26-40-25-24-38-14-11-13-23-50(38)60(52(40)37-45)47-20-8-3-9-21-47/h1-37,53,55,57H,(H,56,58). The van der Waals surface area contributed by atoms with Crippen LogP contribution in [0.5, 0.6) is 0 Å². The van der Waals surface area contributed by atoms with E-state index >= 15 is 0 Å². The number of aliphatic imine (C=N–C) groups is 1. The number of para-hydroxylation sites is 3. The van der Waals surface area contributed by atoms with Gasteiger partial charge >= 0.3 is 0 Å². The highest BCUT2D eigenvalue weighted by Crippen LogP contribution is 2.46. The van der Waals surface area contributed by atoms with Crippen LogP contribution in [0.3, 0.4) is 0 Å². The van der Waals surface area contributed by atoms with E-state index in [-0.39, 0.29) is 12.3 Å². The van der Waals surface area contributed by atoms with E-state index in [1.54, 1.807) is 0 Å². The summed E-state index contributed by atoms with van der Waals surface area (Å²) in [6, 6.07) is 71.4. The van der Waals surface area contributed by atoms with Gasteiger partial charge in [0.25, 0.3) is 0 Å². The molecule has 0 spiro atoms. The number of hydrogen-bond acceptors (Lipinski definition) is 5. The fourth-order valence-electron chi connectivity index (χ4n) is 8.64. The van der Waals surface area contributed by atoms with Gasteiger partial charge in [-0.15, -0.1) is 0 Å². The van der Waals surface area contributed by atoms with Gasteiger partial charge in [-0.2, -0.15) is 0 Å². The number of rotatable bonds is 6. The van der Waals surface area contributed by atoms with E-state index < -0.39 is 0 Å². The highest BCUT2D eigenvalue weighted by atomic mass is 15.3. The molecule has 286 valence electrons. The summed E-state index contributed by atoms with van der Waals surface area (Å²) in [7, 11) is 0. The number of nitrogens with one attached hydrogen (secondary N) is 2. The molecule has 8 aromatic carbocycles. The molecule has 0 radical (unpaired) electrons. The average Bonchev–Trinajstić information content (AvgIpc) is 3.60. The van der Waals surface area contributed by atoms with Crippen LogP contribution in [0, 0.1) is 0 Å². The summed E-state index contributed by atoms with van der Waals surface area (Å²) >= 11 is 0. The molecular formula is C55H41N5. The molecule has 0 aromatic heterocycles. The van der Waals surface area contributed by atoms with Gasteiger partial charge in [-0.3, -0.25) is 5.32 Å². The van der Waals surface area contributed by atoms with Crippen LogP contribution in [0.2, 0.25) is 0 Å². The number of nitrogens with zero attached hydrogens (tertiary/aromatic N) is 3. The summed E-state index contributed by atoms with van der Waals surface area (Å²) < 4.78 is 0. The van der Waals surface area contributed by atoms with Crippen molar-refractivity contribution in [3.8, 4) is 11.1 Å². The second-order valence-corrected chi connectivity index (χ2v) is 15.3. The Morgan fingerprint density at radius 3 is 1.58 bits per heavy atom. The summed E-state index contributed by atoms with van der Waals surface area (Å²) in [6.45, 7) is 0. The Labute approximate surface area is 351 Å². The lowest BCUT2D eigenvalue weighted by Crippen LogP contribution is -2.44. The van der Waals surface area contributed by atoms with E-state index in [4.69, 9.17) is 4.99 Å². The second kappa shape index (κ2) is 15.2. The van der Waals surface area contributed by atoms with E-state index in [0.29, 0.717) is 0 Å². The van der Waals surface area contributed by atoms with Crippen molar-refractivity contribution in [2.45, 2.75) is 12.3 Å². The maximum atomic E-state index is 5.19. The minimum Gasteiger partial charge on any atom is -0.350 e. The third kappa shape index (κ3) is 6.57. The van der Waals surface area contributed by atoms with Crippen LogP contribution in [0.4, 0.5) is 34.1 Å². The number of fused-ring (bicyclic) bond motifs is 4. The quantitative estimate of drug-likeness (QED) is 0.177. The molecule has 2 atom stereocenters. The fraction of sp³-hybridized carbons (Fsp3) is 0.0364. The largest absolute Gasteiger partial charge is 0.350 e. The van der Waals surface area contributed by atoms with Gasteiger partial charge in [0, 0.05) is 16.9 Å². The molecule has 3 aliphatic rings. The van der Waals surface area contributed by atoms with Crippen LogP contribution in [0.1, 0.15) is 51.3 Å². The zero-order valence-corrected chi connectivity index (χ0v) is 32.9. The maximum absolute atomic E-state index is 5.19. The number of benzene rings is 8. The van der Waals surface area contributed by atoms with Crippen LogP contribution in [-0.4, -0.2) is 5.84 Å². The predicted molar refractivity (Wildman–Crippen MR) is 250 cm³/mol. The highest BCUT2D eigenvalue weighted by Gasteiger charge is 2.27. The van der Waals surface area contributed by atoms with Gasteiger partial charge < -0.3 is 15.1 Å². The first-order valence-corrected chi connectivity index (χ1v) is 20.5. The van der Waals surface area contributed by atoms with Gasteiger partial charge in [0.2, 0.25) is 0 Å². The molecule has 0 saturated carbocycles. The molecule has 8 aromatic rings. The van der Waals surface area contributed by atoms with E-state index in [2.05, 4.69) is 239 Å². The Kier molecular flexibility index (Phi) is 8.99. The van der Waals surface area contributed by atoms with Crippen molar-refractivity contribution in [1.82, 2.24) is 10.6 Å². The van der Waals surface area contributed by atoms with Crippen LogP contribution in [0.15, 0.2) is 205 Å². The van der Waals surface area contributed by atoms with Gasteiger partial charge in [0.15, 0.2) is 0 Å². The van der Waals surface area contributed by atoms with Crippen LogP contribution in [0.25, 0.3) is 35.4 Å². The van der Waals surface area contributed by atoms with E-state index in [0.717, 1.165) is 78.9 Å². The molecule has 3 aliphatic heterocycles. The second-order valence-electron chi connectivity index (χ2n) is 15.3. The van der Waals surface area contributed by atoms with Gasteiger partial charge in [-0.05, 0) is 99.1 Å². The molecule has 0 fully saturated rings. The van der Waals surface area contributed by atoms with E-state index in [1.807, 2.05) is 6.07 Å². The summed E-state index contributed by atoms with van der Waals surface area (Å²) in [6.07, 6.45) is 8.62. The lowest BCUT2D eigenvalue weighted by Gasteiger charge is -2.32. The monoisotopic (exact) mass is 771 g/mol. The molecule has 0 amide bonds. The summed E-state index contributed by atoms with van der Waals surface area (Å²) in [4.78, 5) is 9.96. The zero-order valence-electron chi connectivity index (χ0n) is 32.9. The van der Waals surface area contributed by atoms with Crippen molar-refractivity contribution in [1.29, 1.82) is 0 Å². The Morgan fingerprint density at radius 2 is 0.883 bits per heavy atom. The van der Waals surface area contributed by atoms with Crippen molar-refractivity contribution < 1.29 is 0 Å². The van der Waals surface area contributed by atoms with Gasteiger partial charge in [0.1, 0.15) is 18.2 Å². The Balaban J connectivity index is 0.962. The Bertz CT molecular complexity index is 2940. The first-order valence-electron chi connectivity index (χ1n) is 20.5. The van der Waals surface area contributed by atoms with Gasteiger partial charge in [-0.25, -0.2) is 4.99 Å². The SMILES string of the molecule is C1=Cc2cc(-c3ccc4c(c3)N(c3ccccc3)c3ccccc3C=C4)ccc2N(c2ccc(C3N=C(c4ccccc4)NC(c4ccccc4)N3)cc2)c2ccccc21. The fourth-order valence-corrected chi connectivity index (χ4v) is 8.64. The van der Waals surface area contributed by atoms with Crippen molar-refractivity contribution in [2.24, 2.45) is 4.99 Å². The number of hydrogen-bond donors (Lipinski definition) is 2. The van der Waals surface area contributed by atoms with Crippen molar-refractivity contribution >= 4 is 64.3 Å². The Morgan fingerprint density at radius 1 is 0.367 bits per heavy atom. The van der Waals surface area contributed by atoms with Crippen LogP contribution < -0.4 is 20.4 Å². The third-order valence-electron chi connectivity index (χ3n) is 11.6. The highest BCUT2D eigenvalue weighted by molar-refractivity contribution is 6.00. The van der Waals surface area contributed by atoms with Crippen molar-refractivity contribution in [2.75, 3.05) is 9.80 Å². The average molecular weight is 772 g/mol. The van der Waals surface area contributed by atoms with Crippen LogP contribution >= 0.6 is 0 Å². The van der Waals surface area contributed by atoms with E-state index in [9.17, 15) is 0 Å².